The fraction of sp³-hybridized carbons (Fsp3) is 0.375. The van der Waals surface area contributed by atoms with Gasteiger partial charge in [-0.3, -0.25) is 0 Å². The molecule has 1 aromatic heterocycles. The lowest BCUT2D eigenvalue weighted by atomic mass is 10.2. The largest absolute Gasteiger partial charge is 0.493 e. The highest BCUT2D eigenvalue weighted by Gasteiger charge is 2.12. The van der Waals surface area contributed by atoms with E-state index in [0.717, 1.165) is 27.4 Å². The van der Waals surface area contributed by atoms with E-state index in [-0.39, 0.29) is 13.2 Å². The highest BCUT2D eigenvalue weighted by Crippen LogP contribution is 2.35. The number of aromatic nitrogens is 1. The Kier molecular flexibility index (Phi) is 6.20. The number of rotatable bonds is 8. The van der Waals surface area contributed by atoms with E-state index in [2.05, 4.69) is 9.71 Å². The Balaban J connectivity index is 2.17. The number of thiazole rings is 1. The molecule has 0 saturated carbocycles. The van der Waals surface area contributed by atoms with E-state index in [9.17, 15) is 8.42 Å². The van der Waals surface area contributed by atoms with Crippen LogP contribution in [0.1, 0.15) is 17.5 Å². The summed E-state index contributed by atoms with van der Waals surface area (Å²) in [6.45, 7) is 4.40. The van der Waals surface area contributed by atoms with Gasteiger partial charge in [-0.15, -0.1) is 11.3 Å². The lowest BCUT2D eigenvalue weighted by molar-refractivity contribution is 0.299. The smallest absolute Gasteiger partial charge is 0.208 e. The van der Waals surface area contributed by atoms with E-state index in [1.807, 2.05) is 38.5 Å². The Hall–Kier alpha value is -1.64. The van der Waals surface area contributed by atoms with Crippen LogP contribution in [0.3, 0.4) is 0 Å². The first-order chi connectivity index (χ1) is 11.3. The summed E-state index contributed by atoms with van der Waals surface area (Å²) in [7, 11) is -1.66. The summed E-state index contributed by atoms with van der Waals surface area (Å²) in [5.74, 6) is 1.15. The summed E-state index contributed by atoms with van der Waals surface area (Å²) >= 11 is 1.62. The Morgan fingerprint density at radius 1 is 1.33 bits per heavy atom. The van der Waals surface area contributed by atoms with Gasteiger partial charge < -0.3 is 9.47 Å². The Labute approximate surface area is 146 Å². The number of ether oxygens (including phenoxy) is 2. The molecular weight excluding hydrogens is 348 g/mol. The number of sulfonamides is 1. The number of nitrogens with zero attached hydrogens (tertiary/aromatic N) is 1. The van der Waals surface area contributed by atoms with E-state index in [1.165, 1.54) is 0 Å². The standard InChI is InChI=1S/C16H21N2O4S2/c1-5-13-11(2)23-16(18-13)12-6-7-14(21-3)15(10-12)22-9-8-17-24(4,19)20/h5-7,10,17H,8-9H2,1-4H3. The van der Waals surface area contributed by atoms with Gasteiger partial charge in [-0.1, -0.05) is 6.92 Å². The fourth-order valence-electron chi connectivity index (χ4n) is 2.11. The molecule has 1 aromatic carbocycles. The molecular formula is C16H21N2O4S2. The Morgan fingerprint density at radius 3 is 2.67 bits per heavy atom. The van der Waals surface area contributed by atoms with Crippen molar-refractivity contribution in [2.75, 3.05) is 26.5 Å². The average molecular weight is 369 g/mol. The maximum absolute atomic E-state index is 11.1. The second kappa shape index (κ2) is 7.96. The third-order valence-electron chi connectivity index (χ3n) is 3.24. The van der Waals surface area contributed by atoms with Crippen molar-refractivity contribution in [3.8, 4) is 22.1 Å². The molecule has 0 bridgehead atoms. The molecule has 0 spiro atoms. The highest BCUT2D eigenvalue weighted by atomic mass is 32.2. The predicted octanol–water partition coefficient (Wildman–Crippen LogP) is 2.63. The molecule has 0 fully saturated rings. The van der Waals surface area contributed by atoms with Crippen LogP contribution in [-0.2, 0) is 10.0 Å². The minimum Gasteiger partial charge on any atom is -0.493 e. The van der Waals surface area contributed by atoms with Crippen molar-refractivity contribution < 1.29 is 17.9 Å². The molecule has 0 saturated heterocycles. The van der Waals surface area contributed by atoms with Crippen molar-refractivity contribution in [1.29, 1.82) is 0 Å². The Bertz CT molecular complexity index is 800. The van der Waals surface area contributed by atoms with Gasteiger partial charge in [-0.2, -0.15) is 0 Å². The molecule has 0 amide bonds. The number of aryl methyl sites for hydroxylation is 1. The van der Waals surface area contributed by atoms with Crippen molar-refractivity contribution in [1.82, 2.24) is 9.71 Å². The van der Waals surface area contributed by atoms with Crippen molar-refractivity contribution >= 4 is 21.4 Å². The first-order valence-electron chi connectivity index (χ1n) is 7.36. The van der Waals surface area contributed by atoms with Gasteiger partial charge in [0.05, 0.1) is 19.1 Å². The van der Waals surface area contributed by atoms with Crippen LogP contribution in [0.2, 0.25) is 0 Å². The molecule has 0 aliphatic carbocycles. The zero-order valence-electron chi connectivity index (χ0n) is 14.1. The van der Waals surface area contributed by atoms with Crippen LogP contribution in [0.15, 0.2) is 18.2 Å². The minimum absolute atomic E-state index is 0.192. The molecule has 1 N–H and O–H groups in total. The minimum atomic E-state index is -3.22. The highest BCUT2D eigenvalue weighted by molar-refractivity contribution is 7.88. The van der Waals surface area contributed by atoms with Crippen molar-refractivity contribution in [2.24, 2.45) is 0 Å². The fourth-order valence-corrected chi connectivity index (χ4v) is 3.51. The van der Waals surface area contributed by atoms with Gasteiger partial charge >= 0.3 is 0 Å². The monoisotopic (exact) mass is 369 g/mol. The van der Waals surface area contributed by atoms with Gasteiger partial charge in [0.25, 0.3) is 0 Å². The van der Waals surface area contributed by atoms with Gasteiger partial charge in [0, 0.05) is 23.4 Å². The number of benzene rings is 1. The molecule has 0 aliphatic heterocycles. The molecule has 0 atom stereocenters. The van der Waals surface area contributed by atoms with E-state index in [0.29, 0.717) is 11.5 Å². The number of nitrogens with one attached hydrogen (secondary N) is 1. The van der Waals surface area contributed by atoms with E-state index in [1.54, 1.807) is 18.4 Å². The van der Waals surface area contributed by atoms with Crippen LogP contribution in [0.5, 0.6) is 11.5 Å². The van der Waals surface area contributed by atoms with Crippen LogP contribution >= 0.6 is 11.3 Å². The quantitative estimate of drug-likeness (QED) is 0.724. The average Bonchev–Trinajstić information content (AvgIpc) is 2.91. The summed E-state index contributed by atoms with van der Waals surface area (Å²) in [6.07, 6.45) is 3.09. The van der Waals surface area contributed by atoms with E-state index < -0.39 is 10.0 Å². The van der Waals surface area contributed by atoms with Crippen LogP contribution in [0.25, 0.3) is 10.6 Å². The molecule has 2 rings (SSSR count). The first-order valence-corrected chi connectivity index (χ1v) is 10.1. The Morgan fingerprint density at radius 2 is 2.08 bits per heavy atom. The number of hydrogen-bond donors (Lipinski definition) is 1. The van der Waals surface area contributed by atoms with Gasteiger partial charge in [-0.05, 0) is 25.1 Å². The lowest BCUT2D eigenvalue weighted by Gasteiger charge is -2.12. The van der Waals surface area contributed by atoms with Crippen molar-refractivity contribution in [3.63, 3.8) is 0 Å². The van der Waals surface area contributed by atoms with Crippen molar-refractivity contribution in [3.05, 3.63) is 35.2 Å². The summed E-state index contributed by atoms with van der Waals surface area (Å²) in [5.41, 5.74) is 1.91. The SMILES string of the molecule is C[CH]c1nc(-c2ccc(OC)c(OCCNS(C)(=O)=O)c2)sc1C. The third kappa shape index (κ3) is 4.93. The predicted molar refractivity (Wildman–Crippen MR) is 96.3 cm³/mol. The zero-order valence-corrected chi connectivity index (χ0v) is 15.8. The second-order valence-corrected chi connectivity index (χ2v) is 8.17. The van der Waals surface area contributed by atoms with Gasteiger partial charge in [-0.25, -0.2) is 18.1 Å². The van der Waals surface area contributed by atoms with Gasteiger partial charge in [0.15, 0.2) is 11.5 Å². The topological polar surface area (TPSA) is 77.5 Å². The number of hydrogen-bond acceptors (Lipinski definition) is 6. The lowest BCUT2D eigenvalue weighted by Crippen LogP contribution is -2.26. The molecule has 2 aromatic rings. The second-order valence-electron chi connectivity index (χ2n) is 5.13. The van der Waals surface area contributed by atoms with Gasteiger partial charge in [0.2, 0.25) is 10.0 Å². The molecule has 1 radical (unpaired) electrons. The first kappa shape index (κ1) is 18.7. The molecule has 24 heavy (non-hydrogen) atoms. The molecule has 0 unspecified atom stereocenters. The molecule has 1 heterocycles. The maximum Gasteiger partial charge on any atom is 0.208 e. The number of methoxy groups -OCH3 is 1. The normalized spacial score (nSPS) is 11.5. The molecule has 6 nitrogen and oxygen atoms in total. The molecule has 8 heteroatoms. The summed E-state index contributed by atoms with van der Waals surface area (Å²) < 4.78 is 35.5. The van der Waals surface area contributed by atoms with E-state index in [4.69, 9.17) is 9.47 Å². The molecule has 0 aliphatic rings. The summed E-state index contributed by atoms with van der Waals surface area (Å²) in [4.78, 5) is 5.75. The van der Waals surface area contributed by atoms with Crippen LogP contribution in [-0.4, -0.2) is 39.9 Å². The maximum atomic E-state index is 11.1. The van der Waals surface area contributed by atoms with Crippen LogP contribution < -0.4 is 14.2 Å². The summed E-state index contributed by atoms with van der Waals surface area (Å²) in [6, 6.07) is 5.61. The van der Waals surface area contributed by atoms with Crippen molar-refractivity contribution in [2.45, 2.75) is 13.8 Å². The molecule has 131 valence electrons. The zero-order chi connectivity index (χ0) is 17.7. The third-order valence-corrected chi connectivity index (χ3v) is 5.00. The van der Waals surface area contributed by atoms with Gasteiger partial charge in [0.1, 0.15) is 11.6 Å². The van der Waals surface area contributed by atoms with E-state index >= 15 is 0 Å². The van der Waals surface area contributed by atoms with Crippen LogP contribution in [0, 0.1) is 13.3 Å². The summed E-state index contributed by atoms with van der Waals surface area (Å²) in [5, 5.41) is 0.905. The van der Waals surface area contributed by atoms with Crippen LogP contribution in [0.4, 0.5) is 0 Å².